The summed E-state index contributed by atoms with van der Waals surface area (Å²) >= 11 is 0. The van der Waals surface area contributed by atoms with Gasteiger partial charge in [-0.3, -0.25) is 9.59 Å². The Labute approximate surface area is 363 Å². The maximum atomic E-state index is 13.2. The van der Waals surface area contributed by atoms with Crippen LogP contribution in [0.25, 0.3) is 0 Å². The lowest BCUT2D eigenvalue weighted by molar-refractivity contribution is -0.151. The van der Waals surface area contributed by atoms with Crippen molar-refractivity contribution in [1.82, 2.24) is 5.32 Å². The summed E-state index contributed by atoms with van der Waals surface area (Å²) in [5, 5.41) is 23.7. The van der Waals surface area contributed by atoms with Crippen molar-refractivity contribution in [3.05, 3.63) is 97.2 Å². The number of esters is 1. The van der Waals surface area contributed by atoms with E-state index < -0.39 is 18.2 Å². The lowest BCUT2D eigenvalue weighted by atomic mass is 10.0. The van der Waals surface area contributed by atoms with Crippen molar-refractivity contribution in [3.8, 4) is 0 Å². The van der Waals surface area contributed by atoms with Crippen LogP contribution in [0, 0.1) is 0 Å². The molecule has 0 rings (SSSR count). The fraction of sp³-hybridized carbons (Fsp3) is 0.660. The Balaban J connectivity index is 4.72. The van der Waals surface area contributed by atoms with E-state index in [0.717, 1.165) is 83.5 Å². The number of nitrogens with one attached hydrogen (secondary N) is 1. The average Bonchev–Trinajstić information content (AvgIpc) is 3.23. The molecule has 0 saturated heterocycles. The number of ether oxygens (including phenoxy) is 1. The van der Waals surface area contributed by atoms with Crippen LogP contribution >= 0.6 is 0 Å². The molecule has 3 atom stereocenters. The molecule has 3 unspecified atom stereocenters. The maximum Gasteiger partial charge on any atom is 0.306 e. The molecule has 0 bridgehead atoms. The predicted molar refractivity (Wildman–Crippen MR) is 254 cm³/mol. The highest BCUT2D eigenvalue weighted by Gasteiger charge is 2.24. The monoisotopic (exact) mass is 820 g/mol. The SMILES string of the molecule is CC/C=C/C=C/C=C\C=C/CCCCCC(=O)OC(CCCCC\C=C/C=C/C=C/C=C/CC)CC(=O)NC(CO)C(O)CCCCCCCCCCCCCCCC. The fourth-order valence-corrected chi connectivity index (χ4v) is 6.74. The molecular formula is C53H89NO5. The molecule has 3 N–H and O–H groups in total. The normalized spacial score (nSPS) is 14.2. The Morgan fingerprint density at radius 2 is 0.915 bits per heavy atom. The zero-order valence-electron chi connectivity index (χ0n) is 38.1. The van der Waals surface area contributed by atoms with Crippen LogP contribution in [-0.2, 0) is 14.3 Å². The fourth-order valence-electron chi connectivity index (χ4n) is 6.74. The summed E-state index contributed by atoms with van der Waals surface area (Å²) < 4.78 is 5.87. The Morgan fingerprint density at radius 1 is 0.508 bits per heavy atom. The Kier molecular flexibility index (Phi) is 43.4. The number of carbonyl (C=O) groups excluding carboxylic acids is 2. The van der Waals surface area contributed by atoms with Crippen LogP contribution in [-0.4, -0.2) is 46.9 Å². The van der Waals surface area contributed by atoms with Crippen molar-refractivity contribution in [2.45, 2.75) is 219 Å². The van der Waals surface area contributed by atoms with E-state index in [4.69, 9.17) is 4.74 Å². The van der Waals surface area contributed by atoms with Gasteiger partial charge in [0.1, 0.15) is 6.10 Å². The molecule has 0 aromatic carbocycles. The number of hydrogen-bond donors (Lipinski definition) is 3. The van der Waals surface area contributed by atoms with E-state index in [1.807, 2.05) is 60.8 Å². The van der Waals surface area contributed by atoms with Gasteiger partial charge in [-0.05, 0) is 64.2 Å². The third kappa shape index (κ3) is 41.3. The number of aliphatic hydroxyl groups excluding tert-OH is 2. The van der Waals surface area contributed by atoms with Crippen LogP contribution in [0.1, 0.15) is 201 Å². The molecule has 0 saturated carbocycles. The van der Waals surface area contributed by atoms with Crippen LogP contribution in [0.4, 0.5) is 0 Å². The van der Waals surface area contributed by atoms with Crippen LogP contribution < -0.4 is 5.32 Å². The summed E-state index contributed by atoms with van der Waals surface area (Å²) in [6.07, 6.45) is 60.3. The lowest BCUT2D eigenvalue weighted by Gasteiger charge is -2.24. The van der Waals surface area contributed by atoms with Gasteiger partial charge in [0.2, 0.25) is 5.91 Å². The van der Waals surface area contributed by atoms with Gasteiger partial charge in [0.25, 0.3) is 0 Å². The molecule has 0 aromatic heterocycles. The molecule has 0 heterocycles. The highest BCUT2D eigenvalue weighted by atomic mass is 16.5. The van der Waals surface area contributed by atoms with Gasteiger partial charge in [-0.25, -0.2) is 0 Å². The number of amides is 1. The van der Waals surface area contributed by atoms with E-state index in [1.54, 1.807) is 0 Å². The maximum absolute atomic E-state index is 13.2. The Morgan fingerprint density at radius 3 is 1.39 bits per heavy atom. The molecule has 0 aromatic rings. The minimum absolute atomic E-state index is 0.0296. The van der Waals surface area contributed by atoms with Crippen LogP contribution in [0.15, 0.2) is 97.2 Å². The molecule has 0 aliphatic rings. The summed E-state index contributed by atoms with van der Waals surface area (Å²) in [4.78, 5) is 26.0. The Bertz CT molecular complexity index is 1190. The van der Waals surface area contributed by atoms with Crippen molar-refractivity contribution in [3.63, 3.8) is 0 Å². The van der Waals surface area contributed by atoms with Crippen LogP contribution in [0.2, 0.25) is 0 Å². The molecule has 6 nitrogen and oxygen atoms in total. The van der Waals surface area contributed by atoms with Crippen molar-refractivity contribution < 1.29 is 24.5 Å². The summed E-state index contributed by atoms with van der Waals surface area (Å²) in [6, 6.07) is -0.728. The van der Waals surface area contributed by atoms with Gasteiger partial charge in [-0.2, -0.15) is 0 Å². The Hall–Kier alpha value is -3.22. The van der Waals surface area contributed by atoms with Crippen LogP contribution in [0.5, 0.6) is 0 Å². The van der Waals surface area contributed by atoms with Crippen LogP contribution in [0.3, 0.4) is 0 Å². The molecule has 1 amide bonds. The van der Waals surface area contributed by atoms with E-state index in [9.17, 15) is 19.8 Å². The molecule has 6 heteroatoms. The predicted octanol–water partition coefficient (Wildman–Crippen LogP) is 14.2. The number of hydrogen-bond acceptors (Lipinski definition) is 5. The van der Waals surface area contributed by atoms with Crippen molar-refractivity contribution in [2.24, 2.45) is 0 Å². The number of aliphatic hydroxyl groups is 2. The standard InChI is InChI=1S/C53H89NO5/c1-4-7-10-13-16-19-22-25-28-30-33-36-39-42-45-51(56)50(48-55)54-52(57)47-49(44-41-38-35-32-29-26-23-20-17-14-11-8-5-2)59-53(58)46-43-40-37-34-31-27-24-21-18-15-12-9-6-3/h8-9,11-12,14-15,17-18,20-21,23-24,26-27,29,31,49-51,55-56H,4-7,10,13,16,19,22,25,28,30,32-48H2,1-3H3,(H,54,57)/b11-8+,12-9+,17-14+,18-15+,23-20+,24-21-,29-26-,31-27-. The van der Waals surface area contributed by atoms with E-state index in [2.05, 4.69) is 62.5 Å². The molecule has 0 aliphatic carbocycles. The van der Waals surface area contributed by atoms with Gasteiger partial charge in [-0.15, -0.1) is 0 Å². The van der Waals surface area contributed by atoms with E-state index in [0.29, 0.717) is 19.3 Å². The quantitative estimate of drug-likeness (QED) is 0.0324. The second kappa shape index (κ2) is 45.9. The zero-order chi connectivity index (χ0) is 43.1. The largest absolute Gasteiger partial charge is 0.462 e. The third-order valence-electron chi connectivity index (χ3n) is 10.3. The number of carbonyl (C=O) groups is 2. The molecule has 336 valence electrons. The molecule has 0 radical (unpaired) electrons. The number of unbranched alkanes of at least 4 members (excludes halogenated alkanes) is 19. The summed E-state index contributed by atoms with van der Waals surface area (Å²) in [5.41, 5.74) is 0. The summed E-state index contributed by atoms with van der Waals surface area (Å²) in [5.74, 6) is -0.569. The van der Waals surface area contributed by atoms with Crippen molar-refractivity contribution in [2.75, 3.05) is 6.61 Å². The lowest BCUT2D eigenvalue weighted by Crippen LogP contribution is -2.46. The third-order valence-corrected chi connectivity index (χ3v) is 10.3. The minimum atomic E-state index is -0.810. The topological polar surface area (TPSA) is 95.9 Å². The van der Waals surface area contributed by atoms with Gasteiger partial charge in [-0.1, -0.05) is 221 Å². The second-order valence-corrected chi connectivity index (χ2v) is 15.9. The number of rotatable bonds is 41. The highest BCUT2D eigenvalue weighted by Crippen LogP contribution is 2.17. The second-order valence-electron chi connectivity index (χ2n) is 15.9. The van der Waals surface area contributed by atoms with Gasteiger partial charge in [0.05, 0.1) is 25.2 Å². The first-order valence-electron chi connectivity index (χ1n) is 24.1. The van der Waals surface area contributed by atoms with E-state index in [1.165, 1.54) is 70.6 Å². The zero-order valence-corrected chi connectivity index (χ0v) is 38.1. The summed E-state index contributed by atoms with van der Waals surface area (Å²) in [7, 11) is 0. The first kappa shape index (κ1) is 55.8. The first-order valence-corrected chi connectivity index (χ1v) is 24.1. The van der Waals surface area contributed by atoms with Gasteiger partial charge in [0, 0.05) is 6.42 Å². The van der Waals surface area contributed by atoms with E-state index in [-0.39, 0.29) is 24.9 Å². The molecular weight excluding hydrogens is 731 g/mol. The van der Waals surface area contributed by atoms with E-state index >= 15 is 0 Å². The summed E-state index contributed by atoms with van der Waals surface area (Å²) in [6.45, 7) is 6.17. The first-order chi connectivity index (χ1) is 29.0. The van der Waals surface area contributed by atoms with Gasteiger partial charge in [0.15, 0.2) is 0 Å². The van der Waals surface area contributed by atoms with Crippen molar-refractivity contribution >= 4 is 11.9 Å². The van der Waals surface area contributed by atoms with Gasteiger partial charge >= 0.3 is 5.97 Å². The molecule has 59 heavy (non-hydrogen) atoms. The molecule has 0 spiro atoms. The minimum Gasteiger partial charge on any atom is -0.462 e. The highest BCUT2D eigenvalue weighted by molar-refractivity contribution is 5.77. The molecule has 0 fully saturated rings. The average molecular weight is 820 g/mol. The molecule has 0 aliphatic heterocycles. The van der Waals surface area contributed by atoms with Gasteiger partial charge < -0.3 is 20.3 Å². The smallest absolute Gasteiger partial charge is 0.306 e. The number of allylic oxidation sites excluding steroid dienone is 16. The van der Waals surface area contributed by atoms with Crippen molar-refractivity contribution in [1.29, 1.82) is 0 Å².